The molecule has 0 amide bonds. The molecule has 1 heteroatoms. The molecule has 0 fully saturated rings. The zero-order chi connectivity index (χ0) is 6.85. The Balaban J connectivity index is 0. The molecule has 0 saturated carbocycles. The van der Waals surface area contributed by atoms with E-state index >= 15 is 0 Å². The molecular weight excluding hydrogens is 277 g/mol. The van der Waals surface area contributed by atoms with Crippen LogP contribution >= 0.6 is 0 Å². The third-order valence-electron chi connectivity index (χ3n) is 1.56. The molecule has 50 valence electrons. The molecule has 9 heavy (non-hydrogen) atoms. The van der Waals surface area contributed by atoms with E-state index in [9.17, 15) is 0 Å². The van der Waals surface area contributed by atoms with Crippen molar-refractivity contribution in [2.24, 2.45) is 5.92 Å². The summed E-state index contributed by atoms with van der Waals surface area (Å²) in [5.41, 5.74) is 1.59. The first kappa shape index (κ1) is 7.33. The average Bonchev–Trinajstić information content (AvgIpc) is 2.13. The van der Waals surface area contributed by atoms with Gasteiger partial charge in [-0.25, -0.2) is 0 Å². The van der Waals surface area contributed by atoms with E-state index in [-0.39, 0.29) is 2.85 Å². The molecule has 0 heterocycles. The Kier molecular flexibility index (Phi) is 2.34. The third-order valence-corrected chi connectivity index (χ3v) is 3.15. The normalized spacial score (nSPS) is 18.0. The van der Waals surface area contributed by atoms with Crippen molar-refractivity contribution in [1.29, 1.82) is 0 Å². The van der Waals surface area contributed by atoms with Gasteiger partial charge in [0.2, 0.25) is 0 Å². The van der Waals surface area contributed by atoms with Gasteiger partial charge in [0.25, 0.3) is 0 Å². The third kappa shape index (κ3) is 1.57. The molecule has 0 aliphatic heterocycles. The van der Waals surface area contributed by atoms with Gasteiger partial charge in [-0.2, -0.15) is 0 Å². The van der Waals surface area contributed by atoms with E-state index < -0.39 is 0 Å². The van der Waals surface area contributed by atoms with Crippen molar-refractivity contribution < 1.29 is 23.9 Å². The molecule has 0 aromatic heterocycles. The van der Waals surface area contributed by atoms with Crippen LogP contribution in [0.3, 0.4) is 0 Å². The van der Waals surface area contributed by atoms with Gasteiger partial charge in [0.1, 0.15) is 0 Å². The fraction of sp³-hybridized carbons (Fsp3) is 0.500. The number of hydrogen-bond donors (Lipinski definition) is 0. The van der Waals surface area contributed by atoms with Crippen LogP contribution in [0.25, 0.3) is 0 Å². The first-order valence-electron chi connectivity index (χ1n) is 3.30. The van der Waals surface area contributed by atoms with Crippen molar-refractivity contribution in [3.8, 4) is 0 Å². The molecule has 1 rings (SSSR count). The number of allylic oxidation sites excluding steroid dienone is 4. The average molecular weight is 290 g/mol. The summed E-state index contributed by atoms with van der Waals surface area (Å²) in [4.78, 5) is 0. The van der Waals surface area contributed by atoms with Gasteiger partial charge in [0, 0.05) is 0 Å². The molecule has 0 nitrogen and oxygen atoms in total. The molecule has 0 aromatic rings. The van der Waals surface area contributed by atoms with E-state index in [0.29, 0.717) is 0 Å². The van der Waals surface area contributed by atoms with E-state index in [2.05, 4.69) is 26.0 Å². The van der Waals surface area contributed by atoms with Crippen LogP contribution in [0, 0.1) is 5.92 Å². The second kappa shape index (κ2) is 2.87. The first-order chi connectivity index (χ1) is 4.22. The molecule has 0 aromatic carbocycles. The molecule has 1 aliphatic carbocycles. The van der Waals surface area contributed by atoms with Gasteiger partial charge in [-0.1, -0.05) is 0 Å². The zero-order valence-electron chi connectivity index (χ0n) is 7.89. The van der Waals surface area contributed by atoms with Crippen LogP contribution in [0.4, 0.5) is 0 Å². The van der Waals surface area contributed by atoms with Gasteiger partial charge < -0.3 is 2.85 Å². The molecule has 1 aliphatic rings. The first-order valence-corrected chi connectivity index (χ1v) is 4.91. The van der Waals surface area contributed by atoms with Gasteiger partial charge in [-0.05, 0) is 0 Å². The second-order valence-electron chi connectivity index (χ2n) is 2.66. The SMILES string of the molecule is CC(C)C1=[C]([Ta+2])CC=C1.[H-].[H-]. The molecule has 0 bridgehead atoms. The fourth-order valence-electron chi connectivity index (χ4n) is 1.04. The summed E-state index contributed by atoms with van der Waals surface area (Å²) < 4.78 is 1.66. The van der Waals surface area contributed by atoms with E-state index in [1.54, 1.807) is 9.36 Å². The van der Waals surface area contributed by atoms with Crippen LogP contribution in [0.1, 0.15) is 23.1 Å². The van der Waals surface area contributed by atoms with Gasteiger partial charge in [-0.3, -0.25) is 0 Å². The van der Waals surface area contributed by atoms with Crippen molar-refractivity contribution in [3.63, 3.8) is 0 Å². The summed E-state index contributed by atoms with van der Waals surface area (Å²) in [6.45, 7) is 4.52. The van der Waals surface area contributed by atoms with Gasteiger partial charge in [0.15, 0.2) is 0 Å². The Labute approximate surface area is 71.9 Å². The summed E-state index contributed by atoms with van der Waals surface area (Å²) >= 11 is 1.44. The Bertz CT molecular complexity index is 171. The van der Waals surface area contributed by atoms with E-state index in [1.165, 1.54) is 27.5 Å². The predicted molar refractivity (Wildman–Crippen MR) is 37.8 cm³/mol. The monoisotopic (exact) mass is 290 g/mol. The number of rotatable bonds is 1. The summed E-state index contributed by atoms with van der Waals surface area (Å²) in [7, 11) is 0. The minimum absolute atomic E-state index is 0. The minimum atomic E-state index is 0. The standard InChI is InChI=1S/C8H11.Ta.2H/c1-7(2)8-5-3-4-6-8;;;/h3,5,7H,4H2,1-2H3;;;/q;+2;2*-1. The van der Waals surface area contributed by atoms with Crippen LogP contribution in [-0.2, 0) is 21.1 Å². The van der Waals surface area contributed by atoms with Gasteiger partial charge in [-0.15, -0.1) is 0 Å². The molecule has 0 spiro atoms. The Morgan fingerprint density at radius 1 is 1.67 bits per heavy atom. The summed E-state index contributed by atoms with van der Waals surface area (Å²) in [5, 5.41) is 0. The van der Waals surface area contributed by atoms with Crippen LogP contribution in [0.5, 0.6) is 0 Å². The molecule has 0 unspecified atom stereocenters. The maximum absolute atomic E-state index is 2.28. The fourth-order valence-corrected chi connectivity index (χ4v) is 2.61. The van der Waals surface area contributed by atoms with Crippen LogP contribution in [0.2, 0.25) is 0 Å². The van der Waals surface area contributed by atoms with Crippen molar-refractivity contribution >= 4 is 0 Å². The summed E-state index contributed by atoms with van der Waals surface area (Å²) in [5.74, 6) is 0.740. The molecular formula is C8H13Ta. The smallest absolute Gasteiger partial charge is 1.00 e. The Morgan fingerprint density at radius 3 is 2.56 bits per heavy atom. The summed E-state index contributed by atoms with van der Waals surface area (Å²) in [6.07, 6.45) is 5.77. The Hall–Kier alpha value is 0.220. The molecule has 0 radical (unpaired) electrons. The van der Waals surface area contributed by atoms with E-state index in [4.69, 9.17) is 0 Å². The predicted octanol–water partition coefficient (Wildman–Crippen LogP) is 2.63. The zero-order valence-corrected chi connectivity index (χ0v) is 9.10. The summed E-state index contributed by atoms with van der Waals surface area (Å²) in [6, 6.07) is 0. The van der Waals surface area contributed by atoms with Crippen molar-refractivity contribution in [1.82, 2.24) is 0 Å². The van der Waals surface area contributed by atoms with Crippen LogP contribution in [0.15, 0.2) is 21.5 Å². The van der Waals surface area contributed by atoms with Gasteiger partial charge in [0.05, 0.1) is 0 Å². The van der Waals surface area contributed by atoms with E-state index in [0.717, 1.165) is 5.92 Å². The number of hydrogen-bond acceptors (Lipinski definition) is 0. The second-order valence-corrected chi connectivity index (χ2v) is 4.60. The topological polar surface area (TPSA) is 0 Å². The van der Waals surface area contributed by atoms with Crippen molar-refractivity contribution in [2.45, 2.75) is 20.3 Å². The molecule has 0 saturated heterocycles. The van der Waals surface area contributed by atoms with E-state index in [1.807, 2.05) is 0 Å². The van der Waals surface area contributed by atoms with Crippen LogP contribution < -0.4 is 0 Å². The maximum Gasteiger partial charge on any atom is -1.00 e. The molecule has 0 N–H and O–H groups in total. The quantitative estimate of drug-likeness (QED) is 0.696. The van der Waals surface area contributed by atoms with Crippen LogP contribution in [-0.4, -0.2) is 0 Å². The largest absolute Gasteiger partial charge is 1.00 e. The molecule has 0 atom stereocenters. The van der Waals surface area contributed by atoms with Crippen molar-refractivity contribution in [2.75, 3.05) is 0 Å². The minimum Gasteiger partial charge on any atom is -1.00 e. The van der Waals surface area contributed by atoms with Gasteiger partial charge >= 0.3 is 68.8 Å². The Morgan fingerprint density at radius 2 is 2.33 bits per heavy atom. The maximum atomic E-state index is 2.28. The van der Waals surface area contributed by atoms with Crippen molar-refractivity contribution in [3.05, 3.63) is 21.5 Å².